The molecule has 0 radical (unpaired) electrons. The minimum atomic E-state index is 0.0420. The average molecular weight is 438 g/mol. The van der Waals surface area contributed by atoms with Crippen molar-refractivity contribution in [2.75, 3.05) is 0 Å². The smallest absolute Gasteiger partial charge is 0.169 e. The van der Waals surface area contributed by atoms with Gasteiger partial charge >= 0.3 is 0 Å². The third-order valence-electron chi connectivity index (χ3n) is 5.14. The summed E-state index contributed by atoms with van der Waals surface area (Å²) in [4.78, 5) is 38.5. The molecule has 9 nitrogen and oxygen atoms in total. The second kappa shape index (κ2) is 7.13. The zero-order chi connectivity index (χ0) is 21.7. The molecular formula is C22H14N8OS. The Balaban J connectivity index is 1.49. The van der Waals surface area contributed by atoms with Gasteiger partial charge in [-0.2, -0.15) is 5.10 Å². The first-order chi connectivity index (χ1) is 15.7. The summed E-state index contributed by atoms with van der Waals surface area (Å²) in [6.45, 7) is 1.56. The lowest BCUT2D eigenvalue weighted by molar-refractivity contribution is 0.102. The van der Waals surface area contributed by atoms with E-state index in [9.17, 15) is 4.79 Å². The largest absolute Gasteiger partial charge is 0.335 e. The number of fused-ring (bicyclic) bond motifs is 2. The number of carbonyl (C=O) groups is 1. The van der Waals surface area contributed by atoms with E-state index in [4.69, 9.17) is 4.98 Å². The maximum absolute atomic E-state index is 11.7. The SMILES string of the molecule is CC(=O)c1ccc(-c2cncc3[nH]c(-c4n[nH]c5cnc(-c6cncnc6)cc45)nc23)s1. The Hall–Kier alpha value is -4.31. The number of nitrogens with zero attached hydrogens (tertiary/aromatic N) is 6. The highest BCUT2D eigenvalue weighted by Gasteiger charge is 2.17. The molecule has 0 fully saturated rings. The van der Waals surface area contributed by atoms with Gasteiger partial charge in [0.25, 0.3) is 0 Å². The van der Waals surface area contributed by atoms with E-state index in [0.29, 0.717) is 16.4 Å². The van der Waals surface area contributed by atoms with Crippen LogP contribution in [0.25, 0.3) is 55.2 Å². The van der Waals surface area contributed by atoms with E-state index in [0.717, 1.165) is 43.6 Å². The number of thiophene rings is 1. The molecular weight excluding hydrogens is 424 g/mol. The average Bonchev–Trinajstić information content (AvgIpc) is 3.56. The molecule has 0 unspecified atom stereocenters. The van der Waals surface area contributed by atoms with Gasteiger partial charge in [0, 0.05) is 40.0 Å². The van der Waals surface area contributed by atoms with E-state index < -0.39 is 0 Å². The third kappa shape index (κ3) is 2.96. The third-order valence-corrected chi connectivity index (χ3v) is 6.36. The Morgan fingerprint density at radius 3 is 2.69 bits per heavy atom. The van der Waals surface area contributed by atoms with Crippen LogP contribution in [0, 0.1) is 0 Å². The number of carbonyl (C=O) groups excluding carboxylic acids is 1. The second-order valence-electron chi connectivity index (χ2n) is 7.20. The number of imidazole rings is 1. The van der Waals surface area contributed by atoms with Crippen LogP contribution in [0.5, 0.6) is 0 Å². The summed E-state index contributed by atoms with van der Waals surface area (Å²) in [7, 11) is 0. The molecule has 6 aromatic rings. The molecule has 0 amide bonds. The molecule has 2 N–H and O–H groups in total. The maximum atomic E-state index is 11.7. The number of aromatic nitrogens is 8. The fourth-order valence-corrected chi connectivity index (χ4v) is 4.50. The van der Waals surface area contributed by atoms with Crippen LogP contribution in [0.1, 0.15) is 16.6 Å². The molecule has 0 aliphatic rings. The number of hydrogen-bond acceptors (Lipinski definition) is 8. The van der Waals surface area contributed by atoms with Crippen molar-refractivity contribution in [1.29, 1.82) is 0 Å². The number of hydrogen-bond donors (Lipinski definition) is 2. The lowest BCUT2D eigenvalue weighted by atomic mass is 10.1. The normalized spacial score (nSPS) is 11.4. The van der Waals surface area contributed by atoms with Gasteiger partial charge in [-0.1, -0.05) is 0 Å². The van der Waals surface area contributed by atoms with Crippen LogP contribution < -0.4 is 0 Å². The molecule has 32 heavy (non-hydrogen) atoms. The number of H-pyrrole nitrogens is 2. The first kappa shape index (κ1) is 18.5. The van der Waals surface area contributed by atoms with Gasteiger partial charge in [-0.05, 0) is 25.1 Å². The van der Waals surface area contributed by atoms with Gasteiger partial charge in [-0.15, -0.1) is 11.3 Å². The summed E-state index contributed by atoms with van der Waals surface area (Å²) < 4.78 is 0. The van der Waals surface area contributed by atoms with Crippen LogP contribution in [-0.2, 0) is 0 Å². The van der Waals surface area contributed by atoms with E-state index in [1.807, 2.05) is 18.2 Å². The van der Waals surface area contributed by atoms with E-state index in [2.05, 4.69) is 35.1 Å². The lowest BCUT2D eigenvalue weighted by Gasteiger charge is -2.00. The van der Waals surface area contributed by atoms with Gasteiger partial charge in [-0.25, -0.2) is 15.0 Å². The van der Waals surface area contributed by atoms with Crippen molar-refractivity contribution < 1.29 is 4.79 Å². The van der Waals surface area contributed by atoms with E-state index >= 15 is 0 Å². The van der Waals surface area contributed by atoms with E-state index in [1.54, 1.807) is 37.9 Å². The number of rotatable bonds is 4. The first-order valence-corrected chi connectivity index (χ1v) is 10.5. The zero-order valence-electron chi connectivity index (χ0n) is 16.7. The van der Waals surface area contributed by atoms with Crippen molar-refractivity contribution in [1.82, 2.24) is 40.1 Å². The van der Waals surface area contributed by atoms with Gasteiger partial charge in [0.1, 0.15) is 17.5 Å². The molecule has 6 aromatic heterocycles. The number of pyridine rings is 2. The van der Waals surface area contributed by atoms with Crippen molar-refractivity contribution in [3.05, 3.63) is 60.4 Å². The zero-order valence-corrected chi connectivity index (χ0v) is 17.5. The molecule has 0 aromatic carbocycles. The molecule has 6 rings (SSSR count). The number of nitrogens with one attached hydrogen (secondary N) is 2. The standard InChI is InChI=1S/C22H14N8OS/c1-11(31)18-2-3-19(32-18)14-7-23-8-17-20(14)28-22(27-17)21-13-4-15(12-5-24-10-25-6-12)26-9-16(13)29-30-21/h2-10H,1H3,(H,27,28)(H,29,30). The summed E-state index contributed by atoms with van der Waals surface area (Å²) in [5.41, 5.74) is 5.46. The molecule has 154 valence electrons. The predicted molar refractivity (Wildman–Crippen MR) is 121 cm³/mol. The van der Waals surface area contributed by atoms with Crippen LogP contribution in [0.2, 0.25) is 0 Å². The molecule has 6 heterocycles. The molecule has 0 atom stereocenters. The highest BCUT2D eigenvalue weighted by Crippen LogP contribution is 2.34. The van der Waals surface area contributed by atoms with Crippen molar-refractivity contribution >= 4 is 39.1 Å². The Kier molecular flexibility index (Phi) is 4.12. The van der Waals surface area contributed by atoms with Crippen molar-refractivity contribution in [2.24, 2.45) is 0 Å². The highest BCUT2D eigenvalue weighted by molar-refractivity contribution is 7.17. The minimum absolute atomic E-state index is 0.0420. The van der Waals surface area contributed by atoms with Crippen LogP contribution in [0.15, 0.2) is 55.5 Å². The summed E-state index contributed by atoms with van der Waals surface area (Å²) >= 11 is 1.43. The molecule has 0 saturated heterocycles. The fourth-order valence-electron chi connectivity index (χ4n) is 3.58. The summed E-state index contributed by atoms with van der Waals surface area (Å²) in [5, 5.41) is 8.37. The number of aromatic amines is 2. The molecule has 0 aliphatic heterocycles. The van der Waals surface area contributed by atoms with Crippen LogP contribution >= 0.6 is 11.3 Å². The number of Topliss-reactive ketones (excluding diaryl/α,β-unsaturated/α-hetero) is 1. The monoisotopic (exact) mass is 438 g/mol. The molecule has 0 saturated carbocycles. The quantitative estimate of drug-likeness (QED) is 0.393. The van der Waals surface area contributed by atoms with Gasteiger partial charge in [0.2, 0.25) is 0 Å². The molecule has 0 spiro atoms. The van der Waals surface area contributed by atoms with Crippen molar-refractivity contribution in [2.45, 2.75) is 6.92 Å². The molecule has 0 bridgehead atoms. The summed E-state index contributed by atoms with van der Waals surface area (Å²) in [6, 6.07) is 5.70. The second-order valence-corrected chi connectivity index (χ2v) is 8.29. The summed E-state index contributed by atoms with van der Waals surface area (Å²) in [5.74, 6) is 0.658. The Morgan fingerprint density at radius 2 is 1.88 bits per heavy atom. The van der Waals surface area contributed by atoms with Crippen LogP contribution in [0.4, 0.5) is 0 Å². The fraction of sp³-hybridized carbons (Fsp3) is 0.0455. The Bertz CT molecular complexity index is 1620. The lowest BCUT2D eigenvalue weighted by Crippen LogP contribution is -1.87. The maximum Gasteiger partial charge on any atom is 0.169 e. The van der Waals surface area contributed by atoms with Crippen molar-refractivity contribution in [3.8, 4) is 33.2 Å². The highest BCUT2D eigenvalue weighted by atomic mass is 32.1. The van der Waals surface area contributed by atoms with Gasteiger partial charge in [0.05, 0.1) is 34.0 Å². The first-order valence-electron chi connectivity index (χ1n) is 9.72. The number of ketones is 1. The molecule has 0 aliphatic carbocycles. The Morgan fingerprint density at radius 1 is 1.00 bits per heavy atom. The Labute approximate surface area is 184 Å². The van der Waals surface area contributed by atoms with Crippen LogP contribution in [-0.4, -0.2) is 45.9 Å². The minimum Gasteiger partial charge on any atom is -0.335 e. The van der Waals surface area contributed by atoms with Gasteiger partial charge in [-0.3, -0.25) is 19.9 Å². The van der Waals surface area contributed by atoms with Gasteiger partial charge < -0.3 is 4.98 Å². The van der Waals surface area contributed by atoms with Gasteiger partial charge in [0.15, 0.2) is 11.6 Å². The summed E-state index contributed by atoms with van der Waals surface area (Å²) in [6.07, 6.45) is 10.2. The topological polar surface area (TPSA) is 126 Å². The van der Waals surface area contributed by atoms with E-state index in [1.165, 1.54) is 17.7 Å². The van der Waals surface area contributed by atoms with Crippen LogP contribution in [0.3, 0.4) is 0 Å². The van der Waals surface area contributed by atoms with E-state index in [-0.39, 0.29) is 5.78 Å². The van der Waals surface area contributed by atoms with Crippen molar-refractivity contribution in [3.63, 3.8) is 0 Å². The molecule has 10 heteroatoms. The predicted octanol–water partition coefficient (Wildman–Crippen LogP) is 4.28.